The largest absolute Gasteiger partial charge is 0.301 e. The molecule has 0 heterocycles. The van der Waals surface area contributed by atoms with Gasteiger partial charge in [-0.3, -0.25) is 14.7 Å². The molecule has 0 fully saturated rings. The lowest BCUT2D eigenvalue weighted by Gasteiger charge is -2.06. The van der Waals surface area contributed by atoms with Crippen LogP contribution in [0.15, 0.2) is 41.3 Å². The van der Waals surface area contributed by atoms with E-state index >= 15 is 0 Å². The molecule has 7 heteroatoms. The van der Waals surface area contributed by atoms with E-state index in [1.165, 1.54) is 6.07 Å². The highest BCUT2D eigenvalue weighted by Crippen LogP contribution is 2.42. The van der Waals surface area contributed by atoms with Crippen LogP contribution in [-0.2, 0) is 16.5 Å². The molecule has 0 atom stereocenters. The summed E-state index contributed by atoms with van der Waals surface area (Å²) in [6.07, 6.45) is 0.252. The Morgan fingerprint density at radius 2 is 1.80 bits per heavy atom. The van der Waals surface area contributed by atoms with Crippen LogP contribution in [0.1, 0.15) is 11.1 Å². The lowest BCUT2D eigenvalue weighted by Crippen LogP contribution is -2.07. The lowest BCUT2D eigenvalue weighted by atomic mass is 10.1. The normalized spacial score (nSPS) is 12.8. The van der Waals surface area contributed by atoms with Crippen molar-refractivity contribution >= 4 is 15.8 Å². The third-order valence-corrected chi connectivity index (χ3v) is 4.34. The Labute approximate surface area is 114 Å². The highest BCUT2D eigenvalue weighted by atomic mass is 32.2. The van der Waals surface area contributed by atoms with E-state index in [1.54, 1.807) is 0 Å². The standard InChI is InChI=1S/C13H9NO5S/c15-14(16)12-6-5-10-9-4-2-1-3-8(9)7-11(10)13(12)20(17,18)19/h1-6H,7H2,(H,17,18,19). The Bertz CT molecular complexity index is 842. The smallest absolute Gasteiger partial charge is 0.282 e. The summed E-state index contributed by atoms with van der Waals surface area (Å²) < 4.78 is 32.4. The maximum absolute atomic E-state index is 11.5. The maximum Gasteiger partial charge on any atom is 0.301 e. The first kappa shape index (κ1) is 12.8. The second kappa shape index (κ2) is 4.12. The van der Waals surface area contributed by atoms with Crippen molar-refractivity contribution in [1.29, 1.82) is 0 Å². The third-order valence-electron chi connectivity index (χ3n) is 3.37. The Morgan fingerprint density at radius 3 is 2.45 bits per heavy atom. The average Bonchev–Trinajstić information content (AvgIpc) is 2.74. The van der Waals surface area contributed by atoms with Crippen molar-refractivity contribution in [2.45, 2.75) is 11.3 Å². The van der Waals surface area contributed by atoms with Crippen LogP contribution in [-0.4, -0.2) is 17.9 Å². The Hall–Kier alpha value is -2.25. The third kappa shape index (κ3) is 1.79. The van der Waals surface area contributed by atoms with E-state index in [4.69, 9.17) is 0 Å². The summed E-state index contributed by atoms with van der Waals surface area (Å²) in [5, 5.41) is 11.0. The van der Waals surface area contributed by atoms with Crippen LogP contribution in [0.25, 0.3) is 11.1 Å². The molecule has 0 amide bonds. The first-order valence-electron chi connectivity index (χ1n) is 5.75. The molecule has 6 nitrogen and oxygen atoms in total. The molecule has 1 aliphatic carbocycles. The molecule has 2 aromatic carbocycles. The zero-order valence-electron chi connectivity index (χ0n) is 10.1. The predicted octanol–water partition coefficient (Wildman–Crippen LogP) is 2.41. The Kier molecular flexibility index (Phi) is 2.63. The average molecular weight is 291 g/mol. The highest BCUT2D eigenvalue weighted by Gasteiger charge is 2.33. The van der Waals surface area contributed by atoms with Gasteiger partial charge in [-0.1, -0.05) is 24.3 Å². The van der Waals surface area contributed by atoms with Crippen LogP contribution in [0.4, 0.5) is 5.69 Å². The van der Waals surface area contributed by atoms with E-state index in [0.29, 0.717) is 5.56 Å². The first-order valence-corrected chi connectivity index (χ1v) is 7.19. The van der Waals surface area contributed by atoms with Crippen molar-refractivity contribution in [2.24, 2.45) is 0 Å². The molecule has 0 saturated carbocycles. The van der Waals surface area contributed by atoms with Gasteiger partial charge < -0.3 is 0 Å². The van der Waals surface area contributed by atoms with Gasteiger partial charge in [-0.05, 0) is 28.3 Å². The molecule has 2 aromatic rings. The molecule has 102 valence electrons. The predicted molar refractivity (Wildman–Crippen MR) is 71.2 cm³/mol. The molecule has 3 rings (SSSR count). The van der Waals surface area contributed by atoms with E-state index < -0.39 is 25.6 Å². The van der Waals surface area contributed by atoms with Gasteiger partial charge in [-0.25, -0.2) is 0 Å². The van der Waals surface area contributed by atoms with Crippen LogP contribution in [0.3, 0.4) is 0 Å². The van der Waals surface area contributed by atoms with E-state index in [-0.39, 0.29) is 12.0 Å². The summed E-state index contributed by atoms with van der Waals surface area (Å²) in [6, 6.07) is 9.91. The van der Waals surface area contributed by atoms with Gasteiger partial charge in [-0.2, -0.15) is 8.42 Å². The molecule has 0 aromatic heterocycles. The van der Waals surface area contributed by atoms with Crippen molar-refractivity contribution in [3.8, 4) is 11.1 Å². The number of hydrogen-bond acceptors (Lipinski definition) is 4. The van der Waals surface area contributed by atoms with Gasteiger partial charge in [0.25, 0.3) is 5.69 Å². The van der Waals surface area contributed by atoms with Crippen LogP contribution in [0.2, 0.25) is 0 Å². The van der Waals surface area contributed by atoms with Crippen molar-refractivity contribution in [1.82, 2.24) is 0 Å². The molecule has 0 unspecified atom stereocenters. The van der Waals surface area contributed by atoms with E-state index in [2.05, 4.69) is 0 Å². The maximum atomic E-state index is 11.5. The number of nitro benzene ring substituents is 1. The second-order valence-corrected chi connectivity index (χ2v) is 5.86. The minimum Gasteiger partial charge on any atom is -0.282 e. The minimum absolute atomic E-state index is 0.252. The molecular formula is C13H9NO5S. The van der Waals surface area contributed by atoms with E-state index in [0.717, 1.165) is 17.2 Å². The monoisotopic (exact) mass is 291 g/mol. The van der Waals surface area contributed by atoms with E-state index in [1.807, 2.05) is 24.3 Å². The van der Waals surface area contributed by atoms with Crippen molar-refractivity contribution in [2.75, 3.05) is 0 Å². The van der Waals surface area contributed by atoms with Gasteiger partial charge >= 0.3 is 10.1 Å². The number of nitrogens with zero attached hydrogens (tertiary/aromatic N) is 1. The Balaban J connectivity index is 2.38. The number of fused-ring (bicyclic) bond motifs is 3. The molecule has 0 bridgehead atoms. The van der Waals surface area contributed by atoms with Crippen LogP contribution < -0.4 is 0 Å². The summed E-state index contributed by atoms with van der Waals surface area (Å²) in [6.45, 7) is 0. The number of rotatable bonds is 2. The molecule has 20 heavy (non-hydrogen) atoms. The first-order chi connectivity index (χ1) is 9.39. The Morgan fingerprint density at radius 1 is 1.10 bits per heavy atom. The highest BCUT2D eigenvalue weighted by molar-refractivity contribution is 7.86. The van der Waals surface area contributed by atoms with Gasteiger partial charge in [0.15, 0.2) is 4.90 Å². The summed E-state index contributed by atoms with van der Waals surface area (Å²) >= 11 is 0. The summed E-state index contributed by atoms with van der Waals surface area (Å²) in [5.74, 6) is 0. The quantitative estimate of drug-likeness (QED) is 0.444. The second-order valence-electron chi connectivity index (χ2n) is 4.51. The van der Waals surface area contributed by atoms with Gasteiger partial charge in [0.05, 0.1) is 4.92 Å². The van der Waals surface area contributed by atoms with Crippen LogP contribution in [0, 0.1) is 10.1 Å². The number of hydrogen-bond donors (Lipinski definition) is 1. The zero-order chi connectivity index (χ0) is 14.5. The molecule has 0 saturated heterocycles. The van der Waals surface area contributed by atoms with Crippen LogP contribution >= 0.6 is 0 Å². The van der Waals surface area contributed by atoms with Crippen molar-refractivity contribution in [3.05, 3.63) is 57.6 Å². The molecule has 0 spiro atoms. The van der Waals surface area contributed by atoms with E-state index in [9.17, 15) is 23.1 Å². The van der Waals surface area contributed by atoms with Crippen LogP contribution in [0.5, 0.6) is 0 Å². The summed E-state index contributed by atoms with van der Waals surface area (Å²) in [5.41, 5.74) is 2.01. The fourth-order valence-electron chi connectivity index (χ4n) is 2.60. The van der Waals surface area contributed by atoms with Gasteiger partial charge in [0, 0.05) is 12.5 Å². The van der Waals surface area contributed by atoms with Crippen molar-refractivity contribution in [3.63, 3.8) is 0 Å². The molecular weight excluding hydrogens is 282 g/mol. The van der Waals surface area contributed by atoms with Gasteiger partial charge in [0.1, 0.15) is 0 Å². The number of benzene rings is 2. The molecule has 0 aliphatic heterocycles. The fourth-order valence-corrected chi connectivity index (χ4v) is 3.50. The molecule has 1 N–H and O–H groups in total. The summed E-state index contributed by atoms with van der Waals surface area (Å²) in [7, 11) is -4.66. The fraction of sp³-hybridized carbons (Fsp3) is 0.0769. The number of nitro groups is 1. The minimum atomic E-state index is -4.66. The molecule has 1 aliphatic rings. The lowest BCUT2D eigenvalue weighted by molar-refractivity contribution is -0.388. The topological polar surface area (TPSA) is 97.5 Å². The SMILES string of the molecule is O=[N+]([O-])c1ccc2c(c1S(=O)(=O)O)Cc1ccccc1-2. The van der Waals surface area contributed by atoms with Crippen molar-refractivity contribution < 1.29 is 17.9 Å². The summed E-state index contributed by atoms with van der Waals surface area (Å²) in [4.78, 5) is 9.57. The van der Waals surface area contributed by atoms with Gasteiger partial charge in [-0.15, -0.1) is 0 Å². The molecule has 0 radical (unpaired) electrons. The zero-order valence-corrected chi connectivity index (χ0v) is 10.9. The van der Waals surface area contributed by atoms with Gasteiger partial charge in [0.2, 0.25) is 0 Å².